The Morgan fingerprint density at radius 1 is 0.244 bits per heavy atom. The molecule has 0 spiro atoms. The van der Waals surface area contributed by atoms with Gasteiger partial charge >= 0.3 is 0 Å². The summed E-state index contributed by atoms with van der Waals surface area (Å²) in [5, 5.41) is 0. The molecule has 0 aliphatic carbocycles. The minimum atomic E-state index is 1.17. The molecule has 0 amide bonds. The summed E-state index contributed by atoms with van der Waals surface area (Å²) in [7, 11) is 0. The molecule has 0 aliphatic heterocycles. The monoisotopic (exact) mass is 594 g/mol. The second-order valence-corrected chi connectivity index (χ2v) is 13.7. The van der Waals surface area contributed by atoms with E-state index >= 15 is 0 Å². The molecule has 0 unspecified atom stereocenters. The van der Waals surface area contributed by atoms with Gasteiger partial charge in [0, 0.05) is 11.4 Å². The Hall–Kier alpha value is -4.30. The van der Waals surface area contributed by atoms with Gasteiger partial charge in [0.1, 0.15) is 0 Å². The van der Waals surface area contributed by atoms with Crippen molar-refractivity contribution in [2.45, 2.75) is 90.0 Å². The van der Waals surface area contributed by atoms with E-state index in [1.54, 1.807) is 0 Å². The van der Waals surface area contributed by atoms with Gasteiger partial charge in [-0.25, -0.2) is 0 Å². The van der Waals surface area contributed by atoms with Gasteiger partial charge in [0.05, 0.1) is 22.7 Å². The van der Waals surface area contributed by atoms with E-state index in [9.17, 15) is 0 Å². The van der Waals surface area contributed by atoms with Crippen LogP contribution in [0.5, 0.6) is 0 Å². The second kappa shape index (κ2) is 12.2. The molecular weight excluding hydrogens is 544 g/mol. The summed E-state index contributed by atoms with van der Waals surface area (Å²) >= 11 is 0. The summed E-state index contributed by atoms with van der Waals surface area (Å²) in [5.74, 6) is 0. The molecule has 0 N–H and O–H groups in total. The van der Waals surface area contributed by atoms with Crippen molar-refractivity contribution < 1.29 is 0 Å². The number of benzene rings is 5. The second-order valence-electron chi connectivity index (χ2n) is 13.7. The van der Waals surface area contributed by atoms with Crippen molar-refractivity contribution in [1.82, 2.24) is 0 Å². The highest BCUT2D eigenvalue weighted by atomic mass is 15.2. The molecule has 2 nitrogen and oxygen atoms in total. The molecule has 0 fully saturated rings. The molecule has 45 heavy (non-hydrogen) atoms. The summed E-state index contributed by atoms with van der Waals surface area (Å²) < 4.78 is 0. The van der Waals surface area contributed by atoms with Gasteiger partial charge in [-0.15, -0.1) is 0 Å². The van der Waals surface area contributed by atoms with Crippen molar-refractivity contribution in [1.29, 1.82) is 0 Å². The largest absolute Gasteiger partial charge is 0.309 e. The molecular formula is C43H50N2. The third-order valence-electron chi connectivity index (χ3n) is 9.00. The van der Waals surface area contributed by atoms with Gasteiger partial charge in [-0.05, 0) is 158 Å². The summed E-state index contributed by atoms with van der Waals surface area (Å²) in [6.45, 7) is 29.0. The molecule has 232 valence electrons. The van der Waals surface area contributed by atoms with Crippen molar-refractivity contribution >= 4 is 34.1 Å². The summed E-state index contributed by atoms with van der Waals surface area (Å²) in [6, 6.07) is 25.6. The first-order valence-corrected chi connectivity index (χ1v) is 16.2. The van der Waals surface area contributed by atoms with Crippen molar-refractivity contribution in [3.63, 3.8) is 0 Å². The van der Waals surface area contributed by atoms with Gasteiger partial charge in [0.2, 0.25) is 0 Å². The highest BCUT2D eigenvalue weighted by molar-refractivity contribution is 5.89. The van der Waals surface area contributed by atoms with E-state index in [1.165, 1.54) is 106 Å². The number of hydrogen-bond acceptors (Lipinski definition) is 2. The standard InChI is InChI=1S/C43H50N2/c1-25-14-30(6)40(31(7)15-25)44(41-32(8)16-26(2)17-33(41)9)38-22-29(5)23-39(24-38)45(42-34(10)18-27(3)19-35(42)11)43-36(12)20-28(4)21-37(43)13/h14-24H,1-13H3. The van der Waals surface area contributed by atoms with E-state index < -0.39 is 0 Å². The van der Waals surface area contributed by atoms with Crippen LogP contribution in [0.2, 0.25) is 0 Å². The molecule has 5 aromatic rings. The highest BCUT2D eigenvalue weighted by Gasteiger charge is 2.25. The van der Waals surface area contributed by atoms with E-state index in [4.69, 9.17) is 0 Å². The zero-order chi connectivity index (χ0) is 32.9. The van der Waals surface area contributed by atoms with E-state index in [1.807, 2.05) is 0 Å². The van der Waals surface area contributed by atoms with E-state index in [0.29, 0.717) is 0 Å². The predicted molar refractivity (Wildman–Crippen MR) is 197 cm³/mol. The van der Waals surface area contributed by atoms with Crippen LogP contribution in [0.4, 0.5) is 34.1 Å². The third kappa shape index (κ3) is 6.16. The molecule has 0 atom stereocenters. The average molecular weight is 595 g/mol. The van der Waals surface area contributed by atoms with E-state index in [0.717, 1.165) is 0 Å². The Kier molecular flexibility index (Phi) is 8.73. The molecule has 2 heteroatoms. The molecule has 5 rings (SSSR count). The van der Waals surface area contributed by atoms with E-state index in [-0.39, 0.29) is 0 Å². The molecule has 5 aromatic carbocycles. The number of anilines is 6. The molecule has 0 aliphatic rings. The molecule has 0 bridgehead atoms. The number of rotatable bonds is 6. The highest BCUT2D eigenvalue weighted by Crippen LogP contribution is 2.47. The van der Waals surface area contributed by atoms with Crippen LogP contribution in [0.25, 0.3) is 0 Å². The fourth-order valence-corrected chi connectivity index (χ4v) is 7.84. The maximum atomic E-state index is 2.52. The van der Waals surface area contributed by atoms with Crippen LogP contribution < -0.4 is 9.80 Å². The van der Waals surface area contributed by atoms with Crippen LogP contribution in [-0.2, 0) is 0 Å². The van der Waals surface area contributed by atoms with Crippen molar-refractivity contribution in [3.8, 4) is 0 Å². The lowest BCUT2D eigenvalue weighted by atomic mass is 9.97. The molecule has 0 radical (unpaired) electrons. The average Bonchev–Trinajstić information content (AvgIpc) is 2.88. The Balaban J connectivity index is 1.88. The SMILES string of the molecule is Cc1cc(N(c2c(C)cc(C)cc2C)c2c(C)cc(C)cc2C)cc(N(c2c(C)cc(C)cc2C)c2c(C)cc(C)cc2C)c1. The van der Waals surface area contributed by atoms with Gasteiger partial charge in [-0.2, -0.15) is 0 Å². The number of hydrogen-bond donors (Lipinski definition) is 0. The summed E-state index contributed by atoms with van der Waals surface area (Å²) in [4.78, 5) is 5.04. The maximum absolute atomic E-state index is 2.52. The van der Waals surface area contributed by atoms with Crippen molar-refractivity contribution in [2.75, 3.05) is 9.80 Å². The normalized spacial score (nSPS) is 11.2. The van der Waals surface area contributed by atoms with Gasteiger partial charge < -0.3 is 9.80 Å². The maximum Gasteiger partial charge on any atom is 0.0520 e. The first kappa shape index (κ1) is 32.1. The lowest BCUT2D eigenvalue weighted by molar-refractivity contribution is 1.14. The van der Waals surface area contributed by atoms with Gasteiger partial charge in [-0.3, -0.25) is 0 Å². The number of aryl methyl sites for hydroxylation is 13. The zero-order valence-corrected chi connectivity index (χ0v) is 29.7. The Morgan fingerprint density at radius 2 is 0.422 bits per heavy atom. The van der Waals surface area contributed by atoms with Gasteiger partial charge in [0.25, 0.3) is 0 Å². The topological polar surface area (TPSA) is 6.48 Å². The van der Waals surface area contributed by atoms with E-state index in [2.05, 4.69) is 167 Å². The smallest absolute Gasteiger partial charge is 0.0520 e. The van der Waals surface area contributed by atoms with Crippen molar-refractivity contribution in [2.24, 2.45) is 0 Å². The third-order valence-corrected chi connectivity index (χ3v) is 9.00. The van der Waals surface area contributed by atoms with Gasteiger partial charge in [0.15, 0.2) is 0 Å². The zero-order valence-electron chi connectivity index (χ0n) is 29.7. The molecule has 0 saturated heterocycles. The van der Waals surface area contributed by atoms with Crippen molar-refractivity contribution in [3.05, 3.63) is 139 Å². The lowest BCUT2D eigenvalue weighted by Crippen LogP contribution is -2.19. The van der Waals surface area contributed by atoms with Crippen LogP contribution in [0.15, 0.2) is 66.7 Å². The first-order chi connectivity index (χ1) is 21.2. The Bertz CT molecular complexity index is 1600. The van der Waals surface area contributed by atoms with Crippen LogP contribution >= 0.6 is 0 Å². The molecule has 0 saturated carbocycles. The minimum absolute atomic E-state index is 1.17. The molecule has 0 aromatic heterocycles. The Labute approximate surface area is 272 Å². The quantitative estimate of drug-likeness (QED) is 0.193. The summed E-state index contributed by atoms with van der Waals surface area (Å²) in [5.41, 5.74) is 24.0. The first-order valence-electron chi connectivity index (χ1n) is 16.2. The predicted octanol–water partition coefficient (Wildman–Crippen LogP) is 12.6. The fourth-order valence-electron chi connectivity index (χ4n) is 7.84. The lowest BCUT2D eigenvalue weighted by Gasteiger charge is -2.35. The molecule has 0 heterocycles. The van der Waals surface area contributed by atoms with Crippen LogP contribution in [0, 0.1) is 90.0 Å². The van der Waals surface area contributed by atoms with Crippen LogP contribution in [0.1, 0.15) is 72.3 Å². The Morgan fingerprint density at radius 3 is 0.622 bits per heavy atom. The fraction of sp³-hybridized carbons (Fsp3) is 0.302. The van der Waals surface area contributed by atoms with Gasteiger partial charge in [-0.1, -0.05) is 70.8 Å². The summed E-state index contributed by atoms with van der Waals surface area (Å²) in [6.07, 6.45) is 0. The van der Waals surface area contributed by atoms with Crippen LogP contribution in [0.3, 0.4) is 0 Å². The minimum Gasteiger partial charge on any atom is -0.309 e. The number of nitrogens with zero attached hydrogens (tertiary/aromatic N) is 2. The van der Waals surface area contributed by atoms with Crippen LogP contribution in [-0.4, -0.2) is 0 Å².